The predicted molar refractivity (Wildman–Crippen MR) is 77.6 cm³/mol. The average Bonchev–Trinajstić information content (AvgIpc) is 2.41. The summed E-state index contributed by atoms with van der Waals surface area (Å²) in [6.07, 6.45) is 4.93. The van der Waals surface area contributed by atoms with Crippen LogP contribution in [0.2, 0.25) is 0 Å². The van der Waals surface area contributed by atoms with Crippen LogP contribution in [0.15, 0.2) is 18.2 Å². The van der Waals surface area contributed by atoms with Crippen LogP contribution < -0.4 is 0 Å². The third-order valence-electron chi connectivity index (χ3n) is 4.24. The van der Waals surface area contributed by atoms with Crippen LogP contribution in [0.4, 0.5) is 0 Å². The number of ketones is 1. The second-order valence-electron chi connectivity index (χ2n) is 5.92. The smallest absolute Gasteiger partial charge is 0.188 e. The molecule has 1 saturated carbocycles. The van der Waals surface area contributed by atoms with Gasteiger partial charge < -0.3 is 4.74 Å². The van der Waals surface area contributed by atoms with Crippen molar-refractivity contribution in [1.82, 2.24) is 0 Å². The molecule has 0 aromatic heterocycles. The van der Waals surface area contributed by atoms with Gasteiger partial charge in [-0.15, -0.1) is 0 Å². The molecule has 19 heavy (non-hydrogen) atoms. The molecule has 1 fully saturated rings. The highest BCUT2D eigenvalue weighted by Gasteiger charge is 2.19. The van der Waals surface area contributed by atoms with Gasteiger partial charge in [0, 0.05) is 5.56 Å². The Morgan fingerprint density at radius 3 is 2.47 bits per heavy atom. The molecule has 0 atom stereocenters. The summed E-state index contributed by atoms with van der Waals surface area (Å²) in [5, 5.41) is 0. The van der Waals surface area contributed by atoms with Gasteiger partial charge >= 0.3 is 0 Å². The highest BCUT2D eigenvalue weighted by atomic mass is 16.5. The van der Waals surface area contributed by atoms with Crippen LogP contribution >= 0.6 is 0 Å². The fourth-order valence-corrected chi connectivity index (χ4v) is 2.59. The maximum atomic E-state index is 12.1. The monoisotopic (exact) mass is 260 g/mol. The first kappa shape index (κ1) is 14.3. The van der Waals surface area contributed by atoms with E-state index in [1.54, 1.807) is 0 Å². The summed E-state index contributed by atoms with van der Waals surface area (Å²) in [7, 11) is 0. The molecular weight excluding hydrogens is 236 g/mol. The number of carbonyl (C=O) groups excluding carboxylic acids is 1. The first-order chi connectivity index (χ1) is 9.06. The lowest BCUT2D eigenvalue weighted by Crippen LogP contribution is -2.23. The molecule has 1 aromatic rings. The highest BCUT2D eigenvalue weighted by molar-refractivity contribution is 5.97. The summed E-state index contributed by atoms with van der Waals surface area (Å²) < 4.78 is 5.77. The van der Waals surface area contributed by atoms with Crippen molar-refractivity contribution >= 4 is 5.78 Å². The minimum atomic E-state index is 0.0988. The third-order valence-corrected chi connectivity index (χ3v) is 4.24. The van der Waals surface area contributed by atoms with E-state index in [4.69, 9.17) is 4.74 Å². The quantitative estimate of drug-likeness (QED) is 0.762. The van der Waals surface area contributed by atoms with Crippen LogP contribution in [0.5, 0.6) is 0 Å². The molecule has 0 heterocycles. The van der Waals surface area contributed by atoms with Gasteiger partial charge in [0.05, 0.1) is 6.10 Å². The number of Topliss-reactive ketones (excluding diaryl/α,β-unsaturated/α-hetero) is 1. The van der Waals surface area contributed by atoms with E-state index < -0.39 is 0 Å². The largest absolute Gasteiger partial charge is 0.370 e. The first-order valence-electron chi connectivity index (χ1n) is 7.28. The summed E-state index contributed by atoms with van der Waals surface area (Å²) in [4.78, 5) is 12.1. The lowest BCUT2D eigenvalue weighted by atomic mass is 9.89. The van der Waals surface area contributed by atoms with Gasteiger partial charge in [0.1, 0.15) is 6.61 Å². The van der Waals surface area contributed by atoms with Crippen LogP contribution in [0, 0.1) is 19.8 Å². The second-order valence-corrected chi connectivity index (χ2v) is 5.92. The lowest BCUT2D eigenvalue weighted by Gasteiger charge is -2.26. The summed E-state index contributed by atoms with van der Waals surface area (Å²) in [5.41, 5.74) is 3.16. The SMILES string of the molecule is Cc1ccc(C(=O)COC2CCC(C)CC2)cc1C. The number of carbonyl (C=O) groups is 1. The first-order valence-corrected chi connectivity index (χ1v) is 7.28. The number of rotatable bonds is 4. The normalized spacial score (nSPS) is 23.3. The maximum absolute atomic E-state index is 12.1. The van der Waals surface area contributed by atoms with Crippen molar-refractivity contribution in [3.8, 4) is 0 Å². The number of benzene rings is 1. The Morgan fingerprint density at radius 1 is 1.16 bits per heavy atom. The van der Waals surface area contributed by atoms with E-state index in [0.717, 1.165) is 29.9 Å². The van der Waals surface area contributed by atoms with Crippen molar-refractivity contribution < 1.29 is 9.53 Å². The second kappa shape index (κ2) is 6.33. The third kappa shape index (κ3) is 3.90. The molecule has 1 aromatic carbocycles. The van der Waals surface area contributed by atoms with Gasteiger partial charge in [-0.05, 0) is 62.6 Å². The van der Waals surface area contributed by atoms with Gasteiger partial charge in [-0.25, -0.2) is 0 Å². The van der Waals surface area contributed by atoms with Crippen molar-refractivity contribution in [1.29, 1.82) is 0 Å². The number of ether oxygens (including phenoxy) is 1. The van der Waals surface area contributed by atoms with Gasteiger partial charge in [-0.1, -0.05) is 19.1 Å². The van der Waals surface area contributed by atoms with E-state index in [2.05, 4.69) is 13.8 Å². The van der Waals surface area contributed by atoms with Crippen molar-refractivity contribution in [3.05, 3.63) is 34.9 Å². The molecule has 0 amide bonds. The molecule has 1 aliphatic carbocycles. The fraction of sp³-hybridized carbons (Fsp3) is 0.588. The fourth-order valence-electron chi connectivity index (χ4n) is 2.59. The summed E-state index contributed by atoms with van der Waals surface area (Å²) in [6, 6.07) is 5.87. The minimum absolute atomic E-state index is 0.0988. The molecular formula is C17H24O2. The van der Waals surface area contributed by atoms with Crippen molar-refractivity contribution in [2.75, 3.05) is 6.61 Å². The molecule has 2 rings (SSSR count). The van der Waals surface area contributed by atoms with E-state index in [9.17, 15) is 4.79 Å². The Hall–Kier alpha value is -1.15. The molecule has 0 spiro atoms. The molecule has 2 nitrogen and oxygen atoms in total. The molecule has 0 saturated heterocycles. The Balaban J connectivity index is 1.85. The van der Waals surface area contributed by atoms with Crippen LogP contribution in [0.25, 0.3) is 0 Å². The van der Waals surface area contributed by atoms with Crippen molar-refractivity contribution in [2.45, 2.75) is 52.6 Å². The molecule has 0 N–H and O–H groups in total. The molecule has 2 heteroatoms. The van der Waals surface area contributed by atoms with Crippen LogP contribution in [-0.2, 0) is 4.74 Å². The summed E-state index contributed by atoms with van der Waals surface area (Å²) in [5.74, 6) is 0.914. The van der Waals surface area contributed by atoms with Gasteiger partial charge in [-0.3, -0.25) is 4.79 Å². The van der Waals surface area contributed by atoms with E-state index >= 15 is 0 Å². The Kier molecular flexibility index (Phi) is 4.76. The standard InChI is InChI=1S/C17H24O2/c1-12-4-8-16(9-5-12)19-11-17(18)15-7-6-13(2)14(3)10-15/h6-7,10,12,16H,4-5,8-9,11H2,1-3H3. The zero-order valence-corrected chi connectivity index (χ0v) is 12.2. The van der Waals surface area contributed by atoms with E-state index in [0.29, 0.717) is 0 Å². The van der Waals surface area contributed by atoms with Crippen molar-refractivity contribution in [3.63, 3.8) is 0 Å². The zero-order valence-electron chi connectivity index (χ0n) is 12.2. The van der Waals surface area contributed by atoms with Gasteiger partial charge in [0.25, 0.3) is 0 Å². The minimum Gasteiger partial charge on any atom is -0.370 e. The Morgan fingerprint density at radius 2 is 1.84 bits per heavy atom. The van der Waals surface area contributed by atoms with Crippen LogP contribution in [-0.4, -0.2) is 18.5 Å². The van der Waals surface area contributed by atoms with Gasteiger partial charge in [0.15, 0.2) is 5.78 Å². The highest BCUT2D eigenvalue weighted by Crippen LogP contribution is 2.25. The van der Waals surface area contributed by atoms with Gasteiger partial charge in [0.2, 0.25) is 0 Å². The van der Waals surface area contributed by atoms with E-state index in [-0.39, 0.29) is 18.5 Å². The maximum Gasteiger partial charge on any atom is 0.188 e. The predicted octanol–water partition coefficient (Wildman–Crippen LogP) is 4.08. The summed E-state index contributed by atoms with van der Waals surface area (Å²) >= 11 is 0. The topological polar surface area (TPSA) is 26.3 Å². The lowest BCUT2D eigenvalue weighted by molar-refractivity contribution is 0.0217. The van der Waals surface area contributed by atoms with E-state index in [1.165, 1.54) is 18.4 Å². The average molecular weight is 260 g/mol. The molecule has 0 aliphatic heterocycles. The molecule has 0 bridgehead atoms. The number of hydrogen-bond donors (Lipinski definition) is 0. The molecule has 0 radical (unpaired) electrons. The van der Waals surface area contributed by atoms with E-state index in [1.807, 2.05) is 25.1 Å². The molecule has 1 aliphatic rings. The molecule has 104 valence electrons. The number of hydrogen-bond acceptors (Lipinski definition) is 2. The zero-order chi connectivity index (χ0) is 13.8. The Bertz CT molecular complexity index is 443. The Labute approximate surface area is 116 Å². The van der Waals surface area contributed by atoms with Gasteiger partial charge in [-0.2, -0.15) is 0 Å². The van der Waals surface area contributed by atoms with Crippen molar-refractivity contribution in [2.24, 2.45) is 5.92 Å². The summed E-state index contributed by atoms with van der Waals surface area (Å²) in [6.45, 7) is 6.61. The van der Waals surface area contributed by atoms with Crippen LogP contribution in [0.3, 0.4) is 0 Å². The number of aryl methyl sites for hydroxylation is 2. The van der Waals surface area contributed by atoms with Crippen LogP contribution in [0.1, 0.15) is 54.1 Å². The molecule has 0 unspecified atom stereocenters.